The molecule has 1 aliphatic carbocycles. The number of carboxylic acids is 1. The maximum Gasteiger partial charge on any atom is 0.335 e. The van der Waals surface area contributed by atoms with Crippen LogP contribution < -0.4 is 4.90 Å². The molecule has 0 spiro atoms. The molecule has 1 aromatic rings. The molecule has 0 amide bonds. The van der Waals surface area contributed by atoms with E-state index in [-0.39, 0.29) is 0 Å². The summed E-state index contributed by atoms with van der Waals surface area (Å²) in [6, 6.07) is 5.52. The Hall–Kier alpha value is -1.51. The van der Waals surface area contributed by atoms with E-state index in [1.807, 2.05) is 12.1 Å². The summed E-state index contributed by atoms with van der Waals surface area (Å²) in [6.45, 7) is 2.18. The second-order valence-corrected chi connectivity index (χ2v) is 5.12. The summed E-state index contributed by atoms with van der Waals surface area (Å²) in [5, 5.41) is 8.95. The Bertz CT molecular complexity index is 452. The molecule has 1 N–H and O–H groups in total. The molecule has 0 unspecified atom stereocenters. The minimum atomic E-state index is -0.829. The number of hydrogen-bond acceptors (Lipinski definition) is 2. The van der Waals surface area contributed by atoms with Crippen LogP contribution in [0.3, 0.4) is 0 Å². The fourth-order valence-corrected chi connectivity index (χ4v) is 2.58. The van der Waals surface area contributed by atoms with Crippen molar-refractivity contribution in [1.29, 1.82) is 0 Å². The zero-order chi connectivity index (χ0) is 11.8. The fraction of sp³-hybridized carbons (Fsp3) is 0.500. The van der Waals surface area contributed by atoms with Crippen LogP contribution in [0.2, 0.25) is 0 Å². The number of carboxylic acid groups (broad SMARTS) is 1. The topological polar surface area (TPSA) is 40.5 Å². The van der Waals surface area contributed by atoms with Gasteiger partial charge < -0.3 is 10.0 Å². The van der Waals surface area contributed by atoms with Crippen LogP contribution in [-0.2, 0) is 6.42 Å². The zero-order valence-electron chi connectivity index (χ0n) is 9.85. The number of rotatable bonds is 4. The summed E-state index contributed by atoms with van der Waals surface area (Å²) in [5.41, 5.74) is 2.85. The molecule has 0 atom stereocenters. The quantitative estimate of drug-likeness (QED) is 0.865. The largest absolute Gasteiger partial charge is 0.478 e. The second-order valence-electron chi connectivity index (χ2n) is 5.12. The Labute approximate surface area is 101 Å². The Morgan fingerprint density at radius 2 is 2.24 bits per heavy atom. The SMILES string of the molecule is O=C(O)c1ccc2c(c1)CCN2CCC1CC1. The molecule has 1 saturated carbocycles. The van der Waals surface area contributed by atoms with Crippen molar-refractivity contribution in [2.45, 2.75) is 25.7 Å². The number of benzene rings is 1. The molecule has 0 bridgehead atoms. The molecule has 0 aromatic heterocycles. The third-order valence-corrected chi connectivity index (χ3v) is 3.82. The Morgan fingerprint density at radius 3 is 2.94 bits per heavy atom. The monoisotopic (exact) mass is 231 g/mol. The molecule has 2 aliphatic rings. The molecule has 3 rings (SSSR count). The van der Waals surface area contributed by atoms with Gasteiger partial charge in [0.15, 0.2) is 0 Å². The van der Waals surface area contributed by atoms with Gasteiger partial charge in [-0.3, -0.25) is 0 Å². The van der Waals surface area contributed by atoms with E-state index in [9.17, 15) is 4.79 Å². The van der Waals surface area contributed by atoms with Gasteiger partial charge in [-0.1, -0.05) is 12.8 Å². The summed E-state index contributed by atoms with van der Waals surface area (Å²) >= 11 is 0. The van der Waals surface area contributed by atoms with E-state index in [4.69, 9.17) is 5.11 Å². The molecular weight excluding hydrogens is 214 g/mol. The minimum Gasteiger partial charge on any atom is -0.478 e. The first-order valence-electron chi connectivity index (χ1n) is 6.35. The molecule has 3 heteroatoms. The molecule has 3 nitrogen and oxygen atoms in total. The summed E-state index contributed by atoms with van der Waals surface area (Å²) in [7, 11) is 0. The summed E-state index contributed by atoms with van der Waals surface area (Å²) in [5.74, 6) is 0.126. The van der Waals surface area contributed by atoms with E-state index in [1.54, 1.807) is 6.07 Å². The van der Waals surface area contributed by atoms with Crippen LogP contribution in [0.5, 0.6) is 0 Å². The predicted molar refractivity (Wildman–Crippen MR) is 66.7 cm³/mol. The Kier molecular flexibility index (Phi) is 2.54. The van der Waals surface area contributed by atoms with Crippen molar-refractivity contribution in [2.24, 2.45) is 5.92 Å². The summed E-state index contributed by atoms with van der Waals surface area (Å²) in [6.07, 6.45) is 5.08. The van der Waals surface area contributed by atoms with Crippen molar-refractivity contribution < 1.29 is 9.90 Å². The fourth-order valence-electron chi connectivity index (χ4n) is 2.58. The van der Waals surface area contributed by atoms with Gasteiger partial charge in [-0.2, -0.15) is 0 Å². The molecule has 1 aromatic carbocycles. The molecule has 90 valence electrons. The third-order valence-electron chi connectivity index (χ3n) is 3.82. The average molecular weight is 231 g/mol. The van der Waals surface area contributed by atoms with E-state index in [0.717, 1.165) is 25.4 Å². The van der Waals surface area contributed by atoms with Crippen LogP contribution in [-0.4, -0.2) is 24.2 Å². The van der Waals surface area contributed by atoms with E-state index in [2.05, 4.69) is 4.90 Å². The van der Waals surface area contributed by atoms with Crippen LogP contribution in [0.15, 0.2) is 18.2 Å². The van der Waals surface area contributed by atoms with Gasteiger partial charge in [-0.05, 0) is 42.5 Å². The molecular formula is C14H17NO2. The normalized spacial score (nSPS) is 18.2. The average Bonchev–Trinajstić information content (AvgIpc) is 3.06. The van der Waals surface area contributed by atoms with Crippen molar-refractivity contribution in [2.75, 3.05) is 18.0 Å². The number of aromatic carboxylic acids is 1. The number of anilines is 1. The number of carbonyl (C=O) groups is 1. The predicted octanol–water partition coefficient (Wildman–Crippen LogP) is 2.55. The van der Waals surface area contributed by atoms with Gasteiger partial charge in [-0.15, -0.1) is 0 Å². The van der Waals surface area contributed by atoms with Crippen LogP contribution in [0.1, 0.15) is 35.2 Å². The number of fused-ring (bicyclic) bond motifs is 1. The summed E-state index contributed by atoms with van der Waals surface area (Å²) < 4.78 is 0. The highest BCUT2D eigenvalue weighted by Crippen LogP contribution is 2.35. The third kappa shape index (κ3) is 2.14. The summed E-state index contributed by atoms with van der Waals surface area (Å²) in [4.78, 5) is 13.3. The van der Waals surface area contributed by atoms with Crippen LogP contribution in [0.25, 0.3) is 0 Å². The zero-order valence-corrected chi connectivity index (χ0v) is 9.85. The number of hydrogen-bond donors (Lipinski definition) is 1. The minimum absolute atomic E-state index is 0.410. The van der Waals surface area contributed by atoms with Gasteiger partial charge in [0.1, 0.15) is 0 Å². The van der Waals surface area contributed by atoms with Crippen LogP contribution >= 0.6 is 0 Å². The van der Waals surface area contributed by atoms with Crippen molar-refractivity contribution >= 4 is 11.7 Å². The molecule has 17 heavy (non-hydrogen) atoms. The van der Waals surface area contributed by atoms with Crippen LogP contribution in [0.4, 0.5) is 5.69 Å². The van der Waals surface area contributed by atoms with Gasteiger partial charge in [0.2, 0.25) is 0 Å². The lowest BCUT2D eigenvalue weighted by Gasteiger charge is -2.19. The maximum atomic E-state index is 10.9. The standard InChI is InChI=1S/C14H17NO2/c16-14(17)12-3-4-13-11(9-12)6-8-15(13)7-5-10-1-2-10/h3-4,9-10H,1-2,5-8H2,(H,16,17). The highest BCUT2D eigenvalue weighted by atomic mass is 16.4. The molecule has 1 fully saturated rings. The van der Waals surface area contributed by atoms with E-state index in [1.165, 1.54) is 30.5 Å². The lowest BCUT2D eigenvalue weighted by atomic mass is 10.1. The van der Waals surface area contributed by atoms with Crippen molar-refractivity contribution in [3.8, 4) is 0 Å². The van der Waals surface area contributed by atoms with Crippen molar-refractivity contribution in [3.05, 3.63) is 29.3 Å². The molecule has 0 saturated heterocycles. The van der Waals surface area contributed by atoms with Gasteiger partial charge in [0, 0.05) is 18.8 Å². The van der Waals surface area contributed by atoms with Gasteiger partial charge in [-0.25, -0.2) is 4.79 Å². The van der Waals surface area contributed by atoms with E-state index in [0.29, 0.717) is 5.56 Å². The lowest BCUT2D eigenvalue weighted by Crippen LogP contribution is -2.21. The van der Waals surface area contributed by atoms with E-state index < -0.39 is 5.97 Å². The first-order valence-corrected chi connectivity index (χ1v) is 6.35. The van der Waals surface area contributed by atoms with Crippen molar-refractivity contribution in [3.63, 3.8) is 0 Å². The Balaban J connectivity index is 1.75. The maximum absolute atomic E-state index is 10.9. The lowest BCUT2D eigenvalue weighted by molar-refractivity contribution is 0.0697. The second kappa shape index (κ2) is 4.06. The highest BCUT2D eigenvalue weighted by molar-refractivity contribution is 5.88. The van der Waals surface area contributed by atoms with Gasteiger partial charge in [0.25, 0.3) is 0 Å². The molecule has 1 aliphatic heterocycles. The first kappa shape index (κ1) is 10.6. The Morgan fingerprint density at radius 1 is 1.41 bits per heavy atom. The van der Waals surface area contributed by atoms with Crippen LogP contribution in [0, 0.1) is 5.92 Å². The molecule has 0 radical (unpaired) electrons. The molecule has 1 heterocycles. The van der Waals surface area contributed by atoms with E-state index >= 15 is 0 Å². The first-order chi connectivity index (χ1) is 8.24. The highest BCUT2D eigenvalue weighted by Gasteiger charge is 2.25. The number of nitrogens with zero attached hydrogens (tertiary/aromatic N) is 1. The smallest absolute Gasteiger partial charge is 0.335 e. The van der Waals surface area contributed by atoms with Gasteiger partial charge >= 0.3 is 5.97 Å². The van der Waals surface area contributed by atoms with Gasteiger partial charge in [0.05, 0.1) is 5.56 Å². The van der Waals surface area contributed by atoms with Crippen molar-refractivity contribution in [1.82, 2.24) is 0 Å².